The lowest BCUT2D eigenvalue weighted by Gasteiger charge is -2.28. The maximum atomic E-state index is 13.7. The molecule has 4 aromatic rings. The van der Waals surface area contributed by atoms with Gasteiger partial charge in [0.15, 0.2) is 5.11 Å². The fraction of sp³-hybridized carbons (Fsp3) is 0.154. The van der Waals surface area contributed by atoms with Crippen LogP contribution in [-0.2, 0) is 0 Å². The molecule has 0 spiro atoms. The quantitative estimate of drug-likeness (QED) is 0.343. The smallest absolute Gasteiger partial charge is 0.174 e. The monoisotopic (exact) mass is 476 g/mol. The number of benzene rings is 2. The van der Waals surface area contributed by atoms with Gasteiger partial charge in [-0.1, -0.05) is 29.8 Å². The molecule has 1 fully saturated rings. The van der Waals surface area contributed by atoms with Crippen molar-refractivity contribution in [3.05, 3.63) is 112 Å². The van der Waals surface area contributed by atoms with Gasteiger partial charge in [-0.2, -0.15) is 0 Å². The van der Waals surface area contributed by atoms with Gasteiger partial charge in [0, 0.05) is 23.3 Å². The zero-order chi connectivity index (χ0) is 23.1. The summed E-state index contributed by atoms with van der Waals surface area (Å²) in [6, 6.07) is 21.9. The number of thiocarbonyl (C=S) groups is 1. The van der Waals surface area contributed by atoms with E-state index in [1.54, 1.807) is 18.3 Å². The highest BCUT2D eigenvalue weighted by molar-refractivity contribution is 7.80. The van der Waals surface area contributed by atoms with Crippen molar-refractivity contribution in [2.75, 3.05) is 4.90 Å². The van der Waals surface area contributed by atoms with Gasteiger partial charge in [0.05, 0.1) is 28.5 Å². The van der Waals surface area contributed by atoms with Crippen LogP contribution < -0.4 is 10.2 Å². The van der Waals surface area contributed by atoms with Crippen molar-refractivity contribution in [1.82, 2.24) is 14.9 Å². The highest BCUT2D eigenvalue weighted by Crippen LogP contribution is 2.44. The summed E-state index contributed by atoms with van der Waals surface area (Å²) in [7, 11) is 0. The minimum absolute atomic E-state index is 0.177. The summed E-state index contributed by atoms with van der Waals surface area (Å²) < 4.78 is 15.8. The highest BCUT2D eigenvalue weighted by Gasteiger charge is 2.42. The molecule has 5 rings (SSSR count). The number of aromatic nitrogens is 2. The van der Waals surface area contributed by atoms with E-state index in [0.29, 0.717) is 10.1 Å². The van der Waals surface area contributed by atoms with Gasteiger partial charge >= 0.3 is 0 Å². The van der Waals surface area contributed by atoms with Crippen LogP contribution >= 0.6 is 23.8 Å². The summed E-state index contributed by atoms with van der Waals surface area (Å²) in [4.78, 5) is 6.66. The van der Waals surface area contributed by atoms with Crippen molar-refractivity contribution in [2.45, 2.75) is 25.9 Å². The zero-order valence-corrected chi connectivity index (χ0v) is 19.7. The molecular weight excluding hydrogens is 455 g/mol. The van der Waals surface area contributed by atoms with Crippen molar-refractivity contribution in [1.29, 1.82) is 0 Å². The lowest BCUT2D eigenvalue weighted by molar-refractivity contribution is 0.565. The molecule has 0 saturated carbocycles. The van der Waals surface area contributed by atoms with E-state index >= 15 is 0 Å². The lowest BCUT2D eigenvalue weighted by atomic mass is 9.96. The Hall–Kier alpha value is -3.22. The highest BCUT2D eigenvalue weighted by atomic mass is 35.5. The molecule has 0 bridgehead atoms. The molecule has 33 heavy (non-hydrogen) atoms. The van der Waals surface area contributed by atoms with Crippen molar-refractivity contribution in [2.24, 2.45) is 0 Å². The second-order valence-corrected chi connectivity index (χ2v) is 8.88. The summed E-state index contributed by atoms with van der Waals surface area (Å²) in [5.41, 5.74) is 5.85. The van der Waals surface area contributed by atoms with Gasteiger partial charge in [-0.15, -0.1) is 0 Å². The molecule has 166 valence electrons. The van der Waals surface area contributed by atoms with Crippen molar-refractivity contribution in [3.8, 4) is 5.69 Å². The summed E-state index contributed by atoms with van der Waals surface area (Å²) in [5, 5.41) is 4.71. The van der Waals surface area contributed by atoms with Gasteiger partial charge in [-0.05, 0) is 86.2 Å². The number of hydrogen-bond donors (Lipinski definition) is 1. The lowest BCUT2D eigenvalue weighted by Crippen LogP contribution is -2.29. The molecule has 2 aromatic heterocycles. The van der Waals surface area contributed by atoms with Crippen LogP contribution in [0.3, 0.4) is 0 Å². The summed E-state index contributed by atoms with van der Waals surface area (Å²) in [6.45, 7) is 4.16. The zero-order valence-electron chi connectivity index (χ0n) is 18.2. The largest absolute Gasteiger partial charge is 0.351 e. The summed E-state index contributed by atoms with van der Waals surface area (Å²) in [6.07, 6.45) is 1.78. The number of para-hydroxylation sites is 1. The van der Waals surface area contributed by atoms with Crippen LogP contribution in [-0.4, -0.2) is 14.7 Å². The molecule has 0 aliphatic carbocycles. The number of halogens is 2. The SMILES string of the molecule is Cc1cc([C@@H]2[C@H](c3ccccn3)NC(=S)N2c2ccc(F)cc2)c(C)n1-c1ccccc1Cl. The van der Waals surface area contributed by atoms with Crippen LogP contribution in [0, 0.1) is 19.7 Å². The van der Waals surface area contributed by atoms with Crippen LogP contribution in [0.4, 0.5) is 10.1 Å². The molecule has 0 unspecified atom stereocenters. The Balaban J connectivity index is 1.69. The Morgan fingerprint density at radius 2 is 1.73 bits per heavy atom. The van der Waals surface area contributed by atoms with E-state index in [-0.39, 0.29) is 17.9 Å². The van der Waals surface area contributed by atoms with Gasteiger partial charge in [0.25, 0.3) is 0 Å². The summed E-state index contributed by atoms with van der Waals surface area (Å²) >= 11 is 12.3. The number of nitrogens with one attached hydrogen (secondary N) is 1. The molecule has 3 heterocycles. The summed E-state index contributed by atoms with van der Waals surface area (Å²) in [5.74, 6) is -0.286. The number of aryl methyl sites for hydroxylation is 1. The fourth-order valence-corrected chi connectivity index (χ4v) is 5.21. The molecule has 1 saturated heterocycles. The third-order valence-corrected chi connectivity index (χ3v) is 6.72. The molecule has 7 heteroatoms. The number of hydrogen-bond acceptors (Lipinski definition) is 2. The minimum Gasteiger partial charge on any atom is -0.351 e. The molecular formula is C26H22ClFN4S. The van der Waals surface area contributed by atoms with E-state index in [2.05, 4.69) is 34.8 Å². The number of rotatable bonds is 4. The normalized spacial score (nSPS) is 17.9. The Kier molecular flexibility index (Phi) is 5.64. The van der Waals surface area contributed by atoms with Crippen LogP contribution in [0.15, 0.2) is 79.0 Å². The third kappa shape index (κ3) is 3.79. The van der Waals surface area contributed by atoms with Crippen LogP contribution in [0.25, 0.3) is 5.69 Å². The first-order valence-electron chi connectivity index (χ1n) is 10.7. The Morgan fingerprint density at radius 1 is 1.00 bits per heavy atom. The van der Waals surface area contributed by atoms with E-state index < -0.39 is 0 Å². The topological polar surface area (TPSA) is 33.1 Å². The second-order valence-electron chi connectivity index (χ2n) is 8.09. The fourth-order valence-electron chi connectivity index (χ4n) is 4.64. The van der Waals surface area contributed by atoms with Crippen LogP contribution in [0.2, 0.25) is 5.02 Å². The van der Waals surface area contributed by atoms with E-state index in [0.717, 1.165) is 34.0 Å². The molecule has 2 aromatic carbocycles. The van der Waals surface area contributed by atoms with Gasteiger partial charge in [0.1, 0.15) is 5.82 Å². The van der Waals surface area contributed by atoms with Gasteiger partial charge in [0.2, 0.25) is 0 Å². The Labute approximate surface area is 202 Å². The van der Waals surface area contributed by atoms with Gasteiger partial charge < -0.3 is 14.8 Å². The average Bonchev–Trinajstić information content (AvgIpc) is 3.31. The van der Waals surface area contributed by atoms with Crippen molar-refractivity contribution < 1.29 is 4.39 Å². The first-order chi connectivity index (χ1) is 16.0. The average molecular weight is 477 g/mol. The van der Waals surface area contributed by atoms with Crippen LogP contribution in [0.5, 0.6) is 0 Å². The van der Waals surface area contributed by atoms with E-state index in [1.165, 1.54) is 12.1 Å². The molecule has 0 amide bonds. The Morgan fingerprint density at radius 3 is 2.42 bits per heavy atom. The first kappa shape index (κ1) is 21.6. The van der Waals surface area contributed by atoms with Crippen molar-refractivity contribution >= 4 is 34.6 Å². The number of pyridine rings is 1. The minimum atomic E-state index is -0.286. The number of nitrogens with zero attached hydrogens (tertiary/aromatic N) is 3. The number of anilines is 1. The van der Waals surface area contributed by atoms with E-state index in [9.17, 15) is 4.39 Å². The first-order valence-corrected chi connectivity index (χ1v) is 11.4. The maximum absolute atomic E-state index is 13.7. The predicted molar refractivity (Wildman–Crippen MR) is 135 cm³/mol. The molecule has 1 aliphatic heterocycles. The molecule has 1 N–H and O–H groups in total. The molecule has 1 aliphatic rings. The second kappa shape index (κ2) is 8.61. The van der Waals surface area contributed by atoms with Crippen molar-refractivity contribution in [3.63, 3.8) is 0 Å². The van der Waals surface area contributed by atoms with Gasteiger partial charge in [-0.3, -0.25) is 4.98 Å². The predicted octanol–water partition coefficient (Wildman–Crippen LogP) is 6.46. The van der Waals surface area contributed by atoms with Gasteiger partial charge in [-0.25, -0.2) is 4.39 Å². The molecule has 4 nitrogen and oxygen atoms in total. The van der Waals surface area contributed by atoms with Crippen LogP contribution in [0.1, 0.15) is 34.7 Å². The maximum Gasteiger partial charge on any atom is 0.174 e. The third-order valence-electron chi connectivity index (χ3n) is 6.09. The molecule has 0 radical (unpaired) electrons. The van der Waals surface area contributed by atoms with E-state index in [4.69, 9.17) is 23.8 Å². The van der Waals surface area contributed by atoms with E-state index in [1.807, 2.05) is 47.4 Å². The Bertz CT molecular complexity index is 1320. The molecule has 2 atom stereocenters. The standard InChI is InChI=1S/C26H22ClFN4S/c1-16-15-20(17(2)31(16)23-9-4-3-7-21(23)27)25-24(22-8-5-6-14-29-22)30-26(33)32(25)19-12-10-18(28)11-13-19/h3-15,24-25H,1-2H3,(H,30,33)/t24-,25+/m0/s1.